The molecule has 0 radical (unpaired) electrons. The average molecular weight is 347 g/mol. The van der Waals surface area contributed by atoms with Crippen LogP contribution in [0.25, 0.3) is 0 Å². The minimum atomic E-state index is -0.507. The summed E-state index contributed by atoms with van der Waals surface area (Å²) in [5.74, 6) is 1.07. The predicted molar refractivity (Wildman–Crippen MR) is 96.5 cm³/mol. The molecule has 7 heteroatoms. The molecule has 3 rings (SSSR count). The van der Waals surface area contributed by atoms with Crippen molar-refractivity contribution in [2.75, 3.05) is 51.3 Å². The summed E-state index contributed by atoms with van der Waals surface area (Å²) in [5.41, 5.74) is -0.507. The van der Waals surface area contributed by atoms with Gasteiger partial charge < -0.3 is 14.5 Å². The number of likely N-dealkylation sites (N-methyl/N-ethyl adjacent to an activating group) is 1. The smallest absolute Gasteiger partial charge is 0.242 e. The molecule has 0 N–H and O–H groups in total. The van der Waals surface area contributed by atoms with Gasteiger partial charge in [0.25, 0.3) is 0 Å². The van der Waals surface area contributed by atoms with Crippen molar-refractivity contribution in [3.8, 4) is 0 Å². The fourth-order valence-electron chi connectivity index (χ4n) is 3.80. The van der Waals surface area contributed by atoms with Crippen molar-refractivity contribution in [3.05, 3.63) is 18.3 Å². The molecule has 25 heavy (non-hydrogen) atoms. The first-order valence-electron chi connectivity index (χ1n) is 9.13. The molecule has 0 saturated carbocycles. The number of morpholine rings is 1. The maximum absolute atomic E-state index is 13.2. The first-order valence-corrected chi connectivity index (χ1v) is 9.13. The van der Waals surface area contributed by atoms with Gasteiger partial charge in [-0.3, -0.25) is 9.69 Å². The van der Waals surface area contributed by atoms with Gasteiger partial charge in [0.1, 0.15) is 0 Å². The first-order chi connectivity index (χ1) is 12.0. The highest BCUT2D eigenvalue weighted by molar-refractivity contribution is 5.85. The number of carbonyl (C=O) groups is 1. The van der Waals surface area contributed by atoms with Crippen molar-refractivity contribution in [3.63, 3.8) is 0 Å². The van der Waals surface area contributed by atoms with Crippen LogP contribution in [0, 0.1) is 0 Å². The van der Waals surface area contributed by atoms with E-state index in [1.54, 1.807) is 6.20 Å². The summed E-state index contributed by atoms with van der Waals surface area (Å²) in [6.07, 6.45) is 3.76. The Morgan fingerprint density at radius 3 is 2.76 bits per heavy atom. The molecule has 7 nitrogen and oxygen atoms in total. The van der Waals surface area contributed by atoms with Crippen molar-refractivity contribution in [2.45, 2.75) is 38.3 Å². The Bertz CT molecular complexity index is 574. The Labute approximate surface area is 149 Å². The number of rotatable bonds is 4. The van der Waals surface area contributed by atoms with E-state index in [9.17, 15) is 4.79 Å². The van der Waals surface area contributed by atoms with Crippen LogP contribution in [0.5, 0.6) is 0 Å². The lowest BCUT2D eigenvalue weighted by Crippen LogP contribution is -2.61. The SMILES string of the molecule is CN(C(=O)C(C)(C)N1CCOCC1)[C@H]1CCCN(c2cccnn2)C1. The Morgan fingerprint density at radius 2 is 2.08 bits per heavy atom. The van der Waals surface area contributed by atoms with Crippen molar-refractivity contribution < 1.29 is 9.53 Å². The van der Waals surface area contributed by atoms with Crippen LogP contribution in [-0.2, 0) is 9.53 Å². The van der Waals surface area contributed by atoms with Crippen LogP contribution in [-0.4, -0.2) is 83.9 Å². The molecular weight excluding hydrogens is 318 g/mol. The van der Waals surface area contributed by atoms with Gasteiger partial charge in [0.15, 0.2) is 5.82 Å². The zero-order valence-electron chi connectivity index (χ0n) is 15.5. The summed E-state index contributed by atoms with van der Waals surface area (Å²) in [6, 6.07) is 4.08. The number of amides is 1. The lowest BCUT2D eigenvalue weighted by molar-refractivity contribution is -0.146. The van der Waals surface area contributed by atoms with Crippen LogP contribution >= 0.6 is 0 Å². The van der Waals surface area contributed by atoms with Crippen LogP contribution in [0.1, 0.15) is 26.7 Å². The van der Waals surface area contributed by atoms with E-state index in [1.165, 1.54) is 0 Å². The normalized spacial score (nSPS) is 22.7. The van der Waals surface area contributed by atoms with E-state index < -0.39 is 5.54 Å². The molecule has 2 aliphatic heterocycles. The van der Waals surface area contributed by atoms with Gasteiger partial charge in [0, 0.05) is 45.5 Å². The topological polar surface area (TPSA) is 61.8 Å². The van der Waals surface area contributed by atoms with Crippen molar-refractivity contribution in [2.24, 2.45) is 0 Å². The number of hydrogen-bond acceptors (Lipinski definition) is 6. The quantitative estimate of drug-likeness (QED) is 0.810. The number of piperidine rings is 1. The van der Waals surface area contributed by atoms with Gasteiger partial charge in [-0.05, 0) is 38.8 Å². The highest BCUT2D eigenvalue weighted by atomic mass is 16.5. The second-order valence-electron chi connectivity index (χ2n) is 7.40. The molecule has 1 atom stereocenters. The average Bonchev–Trinajstić information content (AvgIpc) is 2.68. The number of carbonyl (C=O) groups excluding carboxylic acids is 1. The molecule has 0 spiro atoms. The minimum Gasteiger partial charge on any atom is -0.379 e. The fourth-order valence-corrected chi connectivity index (χ4v) is 3.80. The molecule has 2 saturated heterocycles. The summed E-state index contributed by atoms with van der Waals surface area (Å²) < 4.78 is 5.43. The molecule has 2 fully saturated rings. The summed E-state index contributed by atoms with van der Waals surface area (Å²) in [7, 11) is 1.94. The highest BCUT2D eigenvalue weighted by Gasteiger charge is 2.40. The number of hydrogen-bond donors (Lipinski definition) is 0. The van der Waals surface area contributed by atoms with Crippen molar-refractivity contribution >= 4 is 11.7 Å². The van der Waals surface area contributed by atoms with Gasteiger partial charge in [0.2, 0.25) is 5.91 Å². The molecular formula is C18H29N5O2. The zero-order chi connectivity index (χ0) is 17.9. The maximum Gasteiger partial charge on any atom is 0.242 e. The number of anilines is 1. The number of ether oxygens (including phenoxy) is 1. The van der Waals surface area contributed by atoms with Crippen LogP contribution in [0.4, 0.5) is 5.82 Å². The third-order valence-corrected chi connectivity index (χ3v) is 5.47. The van der Waals surface area contributed by atoms with E-state index in [1.807, 2.05) is 37.9 Å². The largest absolute Gasteiger partial charge is 0.379 e. The Morgan fingerprint density at radius 1 is 1.32 bits per heavy atom. The second-order valence-corrected chi connectivity index (χ2v) is 7.40. The summed E-state index contributed by atoms with van der Waals surface area (Å²) >= 11 is 0. The third kappa shape index (κ3) is 3.93. The van der Waals surface area contributed by atoms with Gasteiger partial charge in [-0.2, -0.15) is 5.10 Å². The molecule has 3 heterocycles. The standard InChI is InChI=1S/C18H29N5O2/c1-18(2,23-10-12-25-13-11-23)17(24)21(3)15-6-5-9-22(14-15)16-7-4-8-19-20-16/h4,7-8,15H,5-6,9-14H2,1-3H3/t15-/m0/s1. The molecule has 2 aliphatic rings. The van der Waals surface area contributed by atoms with Crippen LogP contribution < -0.4 is 4.90 Å². The third-order valence-electron chi connectivity index (χ3n) is 5.47. The van der Waals surface area contributed by atoms with Gasteiger partial charge in [-0.25, -0.2) is 0 Å². The molecule has 0 aliphatic carbocycles. The zero-order valence-corrected chi connectivity index (χ0v) is 15.5. The van der Waals surface area contributed by atoms with E-state index in [0.29, 0.717) is 13.2 Å². The second kappa shape index (κ2) is 7.66. The van der Waals surface area contributed by atoms with Gasteiger partial charge in [0.05, 0.1) is 18.8 Å². The predicted octanol–water partition coefficient (Wildman–Crippen LogP) is 1.01. The monoisotopic (exact) mass is 347 g/mol. The Kier molecular flexibility index (Phi) is 5.54. The lowest BCUT2D eigenvalue weighted by atomic mass is 9.97. The van der Waals surface area contributed by atoms with E-state index in [0.717, 1.165) is 44.8 Å². The van der Waals surface area contributed by atoms with Gasteiger partial charge in [-0.15, -0.1) is 5.10 Å². The first kappa shape index (κ1) is 18.1. The van der Waals surface area contributed by atoms with E-state index in [4.69, 9.17) is 4.74 Å². The molecule has 1 aromatic heterocycles. The highest BCUT2D eigenvalue weighted by Crippen LogP contribution is 2.24. The lowest BCUT2D eigenvalue weighted by Gasteiger charge is -2.45. The van der Waals surface area contributed by atoms with Crippen LogP contribution in [0.3, 0.4) is 0 Å². The fraction of sp³-hybridized carbons (Fsp3) is 0.722. The van der Waals surface area contributed by atoms with Crippen molar-refractivity contribution in [1.29, 1.82) is 0 Å². The van der Waals surface area contributed by atoms with Gasteiger partial charge in [-0.1, -0.05) is 0 Å². The van der Waals surface area contributed by atoms with Crippen molar-refractivity contribution in [1.82, 2.24) is 20.0 Å². The Balaban J connectivity index is 1.66. The molecule has 1 amide bonds. The number of aromatic nitrogens is 2. The molecule has 0 aromatic carbocycles. The minimum absolute atomic E-state index is 0.181. The molecule has 138 valence electrons. The molecule has 1 aromatic rings. The van der Waals surface area contributed by atoms with E-state index in [-0.39, 0.29) is 11.9 Å². The maximum atomic E-state index is 13.2. The molecule has 0 bridgehead atoms. The summed E-state index contributed by atoms with van der Waals surface area (Å²) in [5, 5.41) is 8.19. The number of nitrogens with zero attached hydrogens (tertiary/aromatic N) is 5. The van der Waals surface area contributed by atoms with E-state index in [2.05, 4.69) is 20.0 Å². The van der Waals surface area contributed by atoms with Crippen LogP contribution in [0.2, 0.25) is 0 Å². The summed E-state index contributed by atoms with van der Waals surface area (Å²) in [6.45, 7) is 8.84. The summed E-state index contributed by atoms with van der Waals surface area (Å²) in [4.78, 5) is 19.6. The van der Waals surface area contributed by atoms with Crippen LogP contribution in [0.15, 0.2) is 18.3 Å². The Hall–Kier alpha value is -1.73. The van der Waals surface area contributed by atoms with E-state index >= 15 is 0 Å². The molecule has 0 unspecified atom stereocenters. The van der Waals surface area contributed by atoms with Gasteiger partial charge >= 0.3 is 0 Å².